The Kier molecular flexibility index (Phi) is 11.0. The molecule has 14 heavy (non-hydrogen) atoms. The van der Waals surface area contributed by atoms with Crippen molar-refractivity contribution in [1.29, 1.82) is 0 Å². The van der Waals surface area contributed by atoms with Crippen molar-refractivity contribution in [2.45, 2.75) is 46.0 Å². The van der Waals surface area contributed by atoms with E-state index in [1.54, 1.807) is 0 Å². The van der Waals surface area contributed by atoms with Crippen molar-refractivity contribution >= 4 is 10.1 Å². The van der Waals surface area contributed by atoms with E-state index in [1.165, 1.54) is 0 Å². The summed E-state index contributed by atoms with van der Waals surface area (Å²) in [4.78, 5) is 0. The Labute approximate surface area is 87.7 Å². The topological polar surface area (TPSA) is 78.4 Å². The number of hydrogen-bond donors (Lipinski definition) is 1. The van der Waals surface area contributed by atoms with E-state index in [0.717, 1.165) is 32.1 Å². The van der Waals surface area contributed by atoms with Crippen LogP contribution < -0.4 is 6.15 Å². The monoisotopic (exact) mass is 225 g/mol. The van der Waals surface area contributed by atoms with Crippen LogP contribution in [-0.4, -0.2) is 20.8 Å². The van der Waals surface area contributed by atoms with Gasteiger partial charge in [-0.15, -0.1) is 0 Å². The summed E-state index contributed by atoms with van der Waals surface area (Å²) in [6.45, 7) is 4.31. The molecule has 3 N–H and O–H groups in total. The van der Waals surface area contributed by atoms with E-state index in [0.29, 0.717) is 6.61 Å². The molecule has 0 atom stereocenters. The molecular weight excluding hydrogens is 202 g/mol. The highest BCUT2D eigenvalue weighted by atomic mass is 32.2. The second-order valence-corrected chi connectivity index (χ2v) is 4.90. The van der Waals surface area contributed by atoms with E-state index in [4.69, 9.17) is 4.18 Å². The summed E-state index contributed by atoms with van der Waals surface area (Å²) in [6.07, 6.45) is 4.67. The summed E-state index contributed by atoms with van der Waals surface area (Å²) in [7, 11) is -3.22. The molecule has 0 heterocycles. The maximum absolute atomic E-state index is 11.1. The van der Waals surface area contributed by atoms with Crippen LogP contribution >= 0.6 is 0 Å². The number of rotatable bonds is 8. The molecule has 0 aromatic heterocycles. The molecule has 0 amide bonds. The van der Waals surface area contributed by atoms with Gasteiger partial charge in [0.25, 0.3) is 10.1 Å². The van der Waals surface area contributed by atoms with E-state index in [2.05, 4.69) is 6.92 Å². The third-order valence-corrected chi connectivity index (χ3v) is 3.03. The van der Waals surface area contributed by atoms with Crippen LogP contribution in [0.1, 0.15) is 46.0 Å². The minimum atomic E-state index is -3.22. The first-order valence-corrected chi connectivity index (χ1v) is 6.57. The van der Waals surface area contributed by atoms with Crippen molar-refractivity contribution in [2.24, 2.45) is 0 Å². The maximum atomic E-state index is 11.1. The maximum Gasteiger partial charge on any atom is 0.267 e. The highest BCUT2D eigenvalue weighted by molar-refractivity contribution is 7.86. The second kappa shape index (κ2) is 9.43. The largest absolute Gasteiger partial charge is 0.344 e. The lowest BCUT2D eigenvalue weighted by atomic mass is 10.2. The fourth-order valence-electron chi connectivity index (χ4n) is 0.975. The lowest BCUT2D eigenvalue weighted by Crippen LogP contribution is -2.11. The first-order valence-electron chi connectivity index (χ1n) is 4.99. The summed E-state index contributed by atoms with van der Waals surface area (Å²) < 4.78 is 27.0. The zero-order chi connectivity index (χ0) is 10.2. The normalized spacial score (nSPS) is 11.0. The summed E-state index contributed by atoms with van der Waals surface area (Å²) in [5.41, 5.74) is 0. The van der Waals surface area contributed by atoms with Crippen molar-refractivity contribution < 1.29 is 12.6 Å². The van der Waals surface area contributed by atoms with Gasteiger partial charge in [-0.2, -0.15) is 8.42 Å². The minimum Gasteiger partial charge on any atom is -0.344 e. The summed E-state index contributed by atoms with van der Waals surface area (Å²) in [5.74, 6) is 0.174. The van der Waals surface area contributed by atoms with Crippen LogP contribution in [0.3, 0.4) is 0 Å². The van der Waals surface area contributed by atoms with Crippen LogP contribution in [0.4, 0.5) is 0 Å². The van der Waals surface area contributed by atoms with Crippen molar-refractivity contribution in [3.8, 4) is 0 Å². The highest BCUT2D eigenvalue weighted by Crippen LogP contribution is 2.03. The first-order chi connectivity index (χ1) is 6.12. The van der Waals surface area contributed by atoms with Gasteiger partial charge in [0.15, 0.2) is 0 Å². The van der Waals surface area contributed by atoms with E-state index in [-0.39, 0.29) is 11.9 Å². The van der Waals surface area contributed by atoms with Gasteiger partial charge in [0.2, 0.25) is 0 Å². The SMILES string of the molecule is CCCCCCS(=O)(=O)OCCC.N. The second-order valence-electron chi connectivity index (χ2n) is 3.14. The Balaban J connectivity index is 0. The Bertz CT molecular complexity index is 202. The molecule has 0 aliphatic rings. The molecule has 0 aliphatic heterocycles. The smallest absolute Gasteiger partial charge is 0.267 e. The van der Waals surface area contributed by atoms with Gasteiger partial charge in [0, 0.05) is 0 Å². The molecule has 0 aromatic rings. The van der Waals surface area contributed by atoms with Crippen LogP contribution in [0.5, 0.6) is 0 Å². The summed E-state index contributed by atoms with van der Waals surface area (Å²) >= 11 is 0. The van der Waals surface area contributed by atoms with Gasteiger partial charge in [0.1, 0.15) is 0 Å². The average molecular weight is 225 g/mol. The van der Waals surface area contributed by atoms with Crippen LogP contribution in [0.15, 0.2) is 0 Å². The van der Waals surface area contributed by atoms with Gasteiger partial charge < -0.3 is 6.15 Å². The molecule has 0 aliphatic carbocycles. The summed E-state index contributed by atoms with van der Waals surface area (Å²) in [6, 6.07) is 0. The van der Waals surface area contributed by atoms with Gasteiger partial charge in [0.05, 0.1) is 12.4 Å². The third kappa shape index (κ3) is 9.95. The fourth-order valence-corrected chi connectivity index (χ4v) is 2.07. The molecule has 88 valence electrons. The third-order valence-electron chi connectivity index (χ3n) is 1.71. The van der Waals surface area contributed by atoms with Gasteiger partial charge in [-0.25, -0.2) is 0 Å². The van der Waals surface area contributed by atoms with Gasteiger partial charge in [-0.1, -0.05) is 33.1 Å². The van der Waals surface area contributed by atoms with Crippen molar-refractivity contribution in [1.82, 2.24) is 6.15 Å². The predicted octanol–water partition coefficient (Wildman–Crippen LogP) is 2.49. The zero-order valence-electron chi connectivity index (χ0n) is 9.29. The first kappa shape index (κ1) is 16.3. The number of hydrogen-bond acceptors (Lipinski definition) is 4. The quantitative estimate of drug-likeness (QED) is 0.508. The minimum absolute atomic E-state index is 0. The molecule has 0 aromatic carbocycles. The van der Waals surface area contributed by atoms with Gasteiger partial charge in [-0.05, 0) is 12.8 Å². The number of unbranched alkanes of at least 4 members (excludes halogenated alkanes) is 3. The lowest BCUT2D eigenvalue weighted by molar-refractivity contribution is 0.317. The van der Waals surface area contributed by atoms with Crippen LogP contribution in [0, 0.1) is 0 Å². The molecule has 5 heteroatoms. The van der Waals surface area contributed by atoms with E-state index >= 15 is 0 Å². The highest BCUT2D eigenvalue weighted by Gasteiger charge is 2.09. The van der Waals surface area contributed by atoms with Crippen molar-refractivity contribution in [3.05, 3.63) is 0 Å². The molecule has 0 saturated carbocycles. The van der Waals surface area contributed by atoms with Crippen LogP contribution in [0.2, 0.25) is 0 Å². The Morgan fingerprint density at radius 1 is 1.00 bits per heavy atom. The molecular formula is C9H23NO3S. The van der Waals surface area contributed by atoms with Gasteiger partial charge >= 0.3 is 0 Å². The molecule has 0 saturated heterocycles. The molecule has 0 rings (SSSR count). The van der Waals surface area contributed by atoms with E-state index in [1.807, 2.05) is 6.92 Å². The van der Waals surface area contributed by atoms with Crippen molar-refractivity contribution in [3.63, 3.8) is 0 Å². The van der Waals surface area contributed by atoms with E-state index in [9.17, 15) is 8.42 Å². The fraction of sp³-hybridized carbons (Fsp3) is 1.00. The van der Waals surface area contributed by atoms with E-state index < -0.39 is 10.1 Å². The zero-order valence-corrected chi connectivity index (χ0v) is 10.1. The average Bonchev–Trinajstić information content (AvgIpc) is 2.09. The molecule has 0 bridgehead atoms. The Morgan fingerprint density at radius 3 is 2.14 bits per heavy atom. The molecule has 4 nitrogen and oxygen atoms in total. The standard InChI is InChI=1S/C9H20O3S.H3N/c1-3-5-6-7-9-13(10,11)12-8-4-2;/h3-9H2,1-2H3;1H3. The Hall–Kier alpha value is -0.130. The lowest BCUT2D eigenvalue weighted by Gasteiger charge is -2.03. The predicted molar refractivity (Wildman–Crippen MR) is 59.2 cm³/mol. The van der Waals surface area contributed by atoms with Gasteiger partial charge in [-0.3, -0.25) is 4.18 Å². The molecule has 0 spiro atoms. The Morgan fingerprint density at radius 2 is 1.64 bits per heavy atom. The summed E-state index contributed by atoms with van der Waals surface area (Å²) in [5, 5.41) is 0. The molecule has 0 fully saturated rings. The molecule has 0 radical (unpaired) electrons. The van der Waals surface area contributed by atoms with Crippen LogP contribution in [-0.2, 0) is 14.3 Å². The molecule has 0 unspecified atom stereocenters. The van der Waals surface area contributed by atoms with Crippen molar-refractivity contribution in [2.75, 3.05) is 12.4 Å². The van der Waals surface area contributed by atoms with Crippen LogP contribution in [0.25, 0.3) is 0 Å².